The zero-order valence-corrected chi connectivity index (χ0v) is 17.0. The predicted molar refractivity (Wildman–Crippen MR) is 105 cm³/mol. The molecule has 25 heavy (non-hydrogen) atoms. The third kappa shape index (κ3) is 4.05. The lowest BCUT2D eigenvalue weighted by Crippen LogP contribution is -2.54. The largest absolute Gasteiger partial charge is 0.337 e. The summed E-state index contributed by atoms with van der Waals surface area (Å²) < 4.78 is 0. The lowest BCUT2D eigenvalue weighted by molar-refractivity contribution is -0.132. The summed E-state index contributed by atoms with van der Waals surface area (Å²) in [6.45, 7) is 12.1. The zero-order valence-electron chi connectivity index (χ0n) is 16.0. The van der Waals surface area contributed by atoms with E-state index in [9.17, 15) is 9.59 Å². The Morgan fingerprint density at radius 1 is 0.880 bits per heavy atom. The van der Waals surface area contributed by atoms with Crippen LogP contribution in [0, 0.1) is 31.1 Å². The number of rotatable bonds is 6. The summed E-state index contributed by atoms with van der Waals surface area (Å²) in [4.78, 5) is 28.2. The minimum Gasteiger partial charge on any atom is -0.337 e. The van der Waals surface area contributed by atoms with Crippen molar-refractivity contribution in [2.24, 2.45) is 0 Å². The first-order valence-electron chi connectivity index (χ1n) is 8.86. The normalized spacial score (nSPS) is 16.6. The molecule has 0 saturated heterocycles. The molecule has 1 aliphatic rings. The minimum atomic E-state index is -2.36. The van der Waals surface area contributed by atoms with Crippen LogP contribution >= 0.6 is 0 Å². The molecule has 133 valence electrons. The van der Waals surface area contributed by atoms with Crippen LogP contribution in [0.15, 0.2) is 30.3 Å². The monoisotopic (exact) mass is 354 g/mol. The number of hydrogen-bond acceptors (Lipinski definition) is 2. The molecule has 0 aliphatic heterocycles. The molecule has 1 amide bonds. The molecule has 1 aromatic carbocycles. The first-order valence-corrected chi connectivity index (χ1v) is 11.9. The molecule has 3 nitrogen and oxygen atoms in total. The van der Waals surface area contributed by atoms with Crippen LogP contribution < -0.4 is 5.19 Å². The standard InChI is InChI=1S/C21H28NO2Si/c1-15(2)22(16(3)4)20(23)18-13-10-14-19(18)21(24)25(5,6)17-11-8-7-9-12-17/h7-16H,1-6H3. The Hall–Kier alpha value is -1.42. The minimum absolute atomic E-state index is 0.0591. The van der Waals surface area contributed by atoms with Crippen molar-refractivity contribution < 1.29 is 9.59 Å². The van der Waals surface area contributed by atoms with Gasteiger partial charge in [0.05, 0.1) is 11.8 Å². The fourth-order valence-corrected chi connectivity index (χ4v) is 5.51. The van der Waals surface area contributed by atoms with Crippen molar-refractivity contribution in [2.75, 3.05) is 0 Å². The summed E-state index contributed by atoms with van der Waals surface area (Å²) in [6.07, 6.45) is 5.39. The van der Waals surface area contributed by atoms with Crippen LogP contribution in [-0.2, 0) is 9.59 Å². The highest BCUT2D eigenvalue weighted by Crippen LogP contribution is 2.38. The molecular weight excluding hydrogens is 326 g/mol. The van der Waals surface area contributed by atoms with Crippen molar-refractivity contribution in [3.63, 3.8) is 0 Å². The van der Waals surface area contributed by atoms with Gasteiger partial charge in [-0.15, -0.1) is 0 Å². The van der Waals surface area contributed by atoms with E-state index in [4.69, 9.17) is 0 Å². The Morgan fingerprint density at radius 2 is 1.40 bits per heavy atom. The Bertz CT molecular complexity index is 602. The molecule has 2 rings (SSSR count). The molecule has 0 unspecified atom stereocenters. The van der Waals surface area contributed by atoms with Gasteiger partial charge in [0.25, 0.3) is 0 Å². The fraction of sp³-hybridized carbons (Fsp3) is 0.381. The molecule has 0 aromatic heterocycles. The molecule has 1 fully saturated rings. The first kappa shape index (κ1) is 19.9. The lowest BCUT2D eigenvalue weighted by atomic mass is 9.94. The molecule has 0 bridgehead atoms. The van der Waals surface area contributed by atoms with Gasteiger partial charge in [-0.1, -0.05) is 48.6 Å². The molecular formula is C21H28NO2Si. The Labute approximate surface area is 153 Å². The number of benzene rings is 1. The maximum Gasteiger partial charge on any atom is 0.231 e. The van der Waals surface area contributed by atoms with Gasteiger partial charge >= 0.3 is 0 Å². The summed E-state index contributed by atoms with van der Waals surface area (Å²) in [7, 11) is -2.36. The van der Waals surface area contributed by atoms with Crippen LogP contribution in [0.25, 0.3) is 0 Å². The van der Waals surface area contributed by atoms with Crippen molar-refractivity contribution in [3.05, 3.63) is 61.4 Å². The maximum absolute atomic E-state index is 13.3. The van der Waals surface area contributed by atoms with Crippen LogP contribution in [0.5, 0.6) is 0 Å². The van der Waals surface area contributed by atoms with E-state index in [1.165, 1.54) is 0 Å². The third-order valence-electron chi connectivity index (χ3n) is 4.70. The van der Waals surface area contributed by atoms with Crippen molar-refractivity contribution in [3.8, 4) is 0 Å². The van der Waals surface area contributed by atoms with Crippen LogP contribution in [-0.4, -0.2) is 36.4 Å². The van der Waals surface area contributed by atoms with Gasteiger partial charge in [-0.2, -0.15) is 0 Å². The Morgan fingerprint density at radius 3 is 1.92 bits per heavy atom. The molecule has 5 radical (unpaired) electrons. The second-order valence-corrected chi connectivity index (χ2v) is 11.9. The summed E-state index contributed by atoms with van der Waals surface area (Å²) in [5.74, 6) is 1.04. The number of hydrogen-bond donors (Lipinski definition) is 0. The molecule has 1 aliphatic carbocycles. The summed E-state index contributed by atoms with van der Waals surface area (Å²) in [5, 5.41) is 1.20. The Balaban J connectivity index is 2.26. The zero-order chi connectivity index (χ0) is 18.8. The predicted octanol–water partition coefficient (Wildman–Crippen LogP) is 3.13. The van der Waals surface area contributed by atoms with E-state index in [1.54, 1.807) is 12.8 Å². The van der Waals surface area contributed by atoms with E-state index in [-0.39, 0.29) is 23.4 Å². The molecule has 1 aromatic rings. The highest BCUT2D eigenvalue weighted by molar-refractivity contribution is 7.14. The summed E-state index contributed by atoms with van der Waals surface area (Å²) in [6, 6.07) is 10.1. The second kappa shape index (κ2) is 7.86. The molecule has 0 atom stereocenters. The lowest BCUT2D eigenvalue weighted by Gasteiger charge is -2.35. The van der Waals surface area contributed by atoms with Crippen LogP contribution in [0.4, 0.5) is 0 Å². The fourth-order valence-electron chi connectivity index (χ4n) is 3.33. The van der Waals surface area contributed by atoms with Crippen LogP contribution in [0.3, 0.4) is 0 Å². The van der Waals surface area contributed by atoms with Gasteiger partial charge in [-0.05, 0) is 47.0 Å². The van der Waals surface area contributed by atoms with Crippen molar-refractivity contribution in [1.29, 1.82) is 0 Å². The average molecular weight is 355 g/mol. The molecule has 4 heteroatoms. The molecule has 1 saturated carbocycles. The third-order valence-corrected chi connectivity index (χ3v) is 7.88. The van der Waals surface area contributed by atoms with E-state index in [0.717, 1.165) is 5.19 Å². The van der Waals surface area contributed by atoms with Crippen molar-refractivity contribution >= 4 is 24.6 Å². The summed E-state index contributed by atoms with van der Waals surface area (Å²) in [5.41, 5.74) is 0. The van der Waals surface area contributed by atoms with E-state index >= 15 is 0 Å². The van der Waals surface area contributed by atoms with Crippen LogP contribution in [0.2, 0.25) is 13.1 Å². The van der Waals surface area contributed by atoms with E-state index < -0.39 is 8.07 Å². The Kier molecular flexibility index (Phi) is 6.25. The van der Waals surface area contributed by atoms with Gasteiger partial charge in [0, 0.05) is 12.1 Å². The van der Waals surface area contributed by atoms with Crippen molar-refractivity contribution in [2.45, 2.75) is 52.9 Å². The van der Waals surface area contributed by atoms with E-state index in [0.29, 0.717) is 11.8 Å². The highest BCUT2D eigenvalue weighted by Gasteiger charge is 2.47. The second-order valence-electron chi connectivity index (χ2n) is 7.57. The smallest absolute Gasteiger partial charge is 0.231 e. The van der Waals surface area contributed by atoms with Gasteiger partial charge in [0.1, 0.15) is 5.41 Å². The van der Waals surface area contributed by atoms with E-state index in [2.05, 4.69) is 13.1 Å². The average Bonchev–Trinajstić information content (AvgIpc) is 3.03. The van der Waals surface area contributed by atoms with Gasteiger partial charge in [0.15, 0.2) is 8.07 Å². The summed E-state index contributed by atoms with van der Waals surface area (Å²) >= 11 is 0. The van der Waals surface area contributed by atoms with E-state index in [1.807, 2.05) is 69.3 Å². The number of carbonyl (C=O) groups excluding carboxylic acids is 2. The SMILES string of the molecule is CC(C)N(C(=O)[C]1[CH][CH][CH][C]1C(=O)[Si](C)(C)c1ccccc1)C(C)C. The van der Waals surface area contributed by atoms with Gasteiger partial charge in [-0.25, -0.2) is 0 Å². The van der Waals surface area contributed by atoms with Gasteiger partial charge in [-0.3, -0.25) is 4.79 Å². The van der Waals surface area contributed by atoms with Crippen molar-refractivity contribution in [1.82, 2.24) is 4.90 Å². The number of nitrogens with zero attached hydrogens (tertiary/aromatic N) is 1. The topological polar surface area (TPSA) is 37.4 Å². The van der Waals surface area contributed by atoms with Crippen LogP contribution in [0.1, 0.15) is 27.7 Å². The quantitative estimate of drug-likeness (QED) is 0.736. The van der Waals surface area contributed by atoms with Gasteiger partial charge in [0.2, 0.25) is 5.91 Å². The molecule has 0 heterocycles. The van der Waals surface area contributed by atoms with Gasteiger partial charge < -0.3 is 9.69 Å². The maximum atomic E-state index is 13.3. The first-order chi connectivity index (χ1) is 11.7. The molecule has 0 spiro atoms. The molecule has 0 N–H and O–H groups in total. The highest BCUT2D eigenvalue weighted by atomic mass is 28.3. The number of amides is 1. The number of carbonyl (C=O) groups is 2.